The van der Waals surface area contributed by atoms with Gasteiger partial charge in [-0.15, -0.1) is 0 Å². The average Bonchev–Trinajstić information content (AvgIpc) is 2.62. The first-order valence-electron chi connectivity index (χ1n) is 8.28. The highest BCUT2D eigenvalue weighted by atomic mass is 16.6. The highest BCUT2D eigenvalue weighted by molar-refractivity contribution is 6.00. The molecule has 0 saturated carbocycles. The molecule has 1 unspecified atom stereocenters. The lowest BCUT2D eigenvalue weighted by Crippen LogP contribution is -2.17. The van der Waals surface area contributed by atoms with Crippen molar-refractivity contribution in [2.24, 2.45) is 0 Å². The number of hydrogen-bond acceptors (Lipinski definition) is 2. The Bertz CT molecular complexity index is 809. The summed E-state index contributed by atoms with van der Waals surface area (Å²) >= 11 is 0. The van der Waals surface area contributed by atoms with Gasteiger partial charge in [0.2, 0.25) is 0 Å². The van der Waals surface area contributed by atoms with E-state index in [0.717, 1.165) is 34.9 Å². The summed E-state index contributed by atoms with van der Waals surface area (Å²) in [6.07, 6.45) is 1.09. The number of hydrogen-bond donors (Lipinski definition) is 1. The SMILES string of the molecule is CCCC(OC(=O)Nc1cccc2ccccc12)c1ccccc1. The number of nitrogens with one attached hydrogen (secondary N) is 1. The molecular weight excluding hydrogens is 298 g/mol. The summed E-state index contributed by atoms with van der Waals surface area (Å²) in [5.41, 5.74) is 1.79. The molecule has 0 aliphatic heterocycles. The molecule has 1 amide bonds. The van der Waals surface area contributed by atoms with Crippen molar-refractivity contribution in [1.82, 2.24) is 0 Å². The molecule has 122 valence electrons. The van der Waals surface area contributed by atoms with Gasteiger partial charge in [0.15, 0.2) is 0 Å². The first-order valence-corrected chi connectivity index (χ1v) is 8.28. The minimum Gasteiger partial charge on any atom is -0.441 e. The maximum absolute atomic E-state index is 12.4. The van der Waals surface area contributed by atoms with Crippen LogP contribution in [0, 0.1) is 0 Å². The molecule has 0 bridgehead atoms. The lowest BCUT2D eigenvalue weighted by molar-refractivity contribution is 0.105. The van der Waals surface area contributed by atoms with Gasteiger partial charge in [-0.1, -0.05) is 80.1 Å². The van der Waals surface area contributed by atoms with Gasteiger partial charge in [-0.2, -0.15) is 0 Å². The standard InChI is InChI=1S/C21H21NO2/c1-2-9-20(17-11-4-3-5-12-17)24-21(23)22-19-15-8-13-16-10-6-7-14-18(16)19/h3-8,10-15,20H,2,9H2,1H3,(H,22,23). The quantitative estimate of drug-likeness (QED) is 0.633. The lowest BCUT2D eigenvalue weighted by Gasteiger charge is -2.18. The van der Waals surface area contributed by atoms with E-state index in [1.165, 1.54) is 0 Å². The molecule has 0 spiro atoms. The predicted molar refractivity (Wildman–Crippen MR) is 98.1 cm³/mol. The average molecular weight is 319 g/mol. The smallest absolute Gasteiger partial charge is 0.412 e. The van der Waals surface area contributed by atoms with Crippen LogP contribution in [0.4, 0.5) is 10.5 Å². The maximum atomic E-state index is 12.4. The second-order valence-corrected chi connectivity index (χ2v) is 5.75. The molecule has 3 rings (SSSR count). The van der Waals surface area contributed by atoms with Crippen LogP contribution >= 0.6 is 0 Å². The molecule has 1 N–H and O–H groups in total. The van der Waals surface area contributed by atoms with Crippen molar-refractivity contribution >= 4 is 22.6 Å². The van der Waals surface area contributed by atoms with E-state index < -0.39 is 6.09 Å². The normalized spacial score (nSPS) is 11.9. The first kappa shape index (κ1) is 16.1. The van der Waals surface area contributed by atoms with Crippen LogP contribution in [0.15, 0.2) is 72.8 Å². The summed E-state index contributed by atoms with van der Waals surface area (Å²) in [6.45, 7) is 2.09. The zero-order valence-electron chi connectivity index (χ0n) is 13.7. The molecule has 0 saturated heterocycles. The minimum atomic E-state index is -0.423. The van der Waals surface area contributed by atoms with Crippen LogP contribution in [0.5, 0.6) is 0 Å². The van der Waals surface area contributed by atoms with Crippen LogP contribution in [-0.2, 0) is 4.74 Å². The third kappa shape index (κ3) is 3.74. The Morgan fingerprint density at radius 2 is 1.67 bits per heavy atom. The summed E-state index contributed by atoms with van der Waals surface area (Å²) < 4.78 is 5.68. The van der Waals surface area contributed by atoms with E-state index >= 15 is 0 Å². The second kappa shape index (κ2) is 7.64. The fraction of sp³-hybridized carbons (Fsp3) is 0.190. The maximum Gasteiger partial charge on any atom is 0.412 e. The Morgan fingerprint density at radius 3 is 2.46 bits per heavy atom. The molecule has 1 atom stereocenters. The molecule has 0 fully saturated rings. The topological polar surface area (TPSA) is 38.3 Å². The van der Waals surface area contributed by atoms with Gasteiger partial charge < -0.3 is 4.74 Å². The molecule has 0 aliphatic rings. The molecule has 3 heteroatoms. The third-order valence-corrected chi connectivity index (χ3v) is 4.00. The van der Waals surface area contributed by atoms with Gasteiger partial charge in [-0.25, -0.2) is 4.79 Å². The van der Waals surface area contributed by atoms with Crippen LogP contribution in [-0.4, -0.2) is 6.09 Å². The fourth-order valence-corrected chi connectivity index (χ4v) is 2.83. The minimum absolute atomic E-state index is 0.230. The zero-order chi connectivity index (χ0) is 16.8. The zero-order valence-corrected chi connectivity index (χ0v) is 13.7. The molecular formula is C21H21NO2. The van der Waals surface area contributed by atoms with Crippen molar-refractivity contribution in [3.8, 4) is 0 Å². The van der Waals surface area contributed by atoms with Crippen LogP contribution in [0.25, 0.3) is 10.8 Å². The number of carbonyl (C=O) groups is 1. The van der Waals surface area contributed by atoms with Gasteiger partial charge in [0, 0.05) is 5.39 Å². The van der Waals surface area contributed by atoms with E-state index in [9.17, 15) is 4.79 Å². The van der Waals surface area contributed by atoms with Gasteiger partial charge in [0.05, 0.1) is 5.69 Å². The summed E-state index contributed by atoms with van der Waals surface area (Å²) in [7, 11) is 0. The van der Waals surface area contributed by atoms with Crippen LogP contribution in [0.2, 0.25) is 0 Å². The van der Waals surface area contributed by atoms with Crippen molar-refractivity contribution in [3.05, 3.63) is 78.4 Å². The predicted octanol–water partition coefficient (Wildman–Crippen LogP) is 5.93. The van der Waals surface area contributed by atoms with E-state index in [-0.39, 0.29) is 6.10 Å². The Labute approximate surface area is 142 Å². The highest BCUT2D eigenvalue weighted by Crippen LogP contribution is 2.26. The molecule has 24 heavy (non-hydrogen) atoms. The Kier molecular flexibility index (Phi) is 5.12. The van der Waals surface area contributed by atoms with Crippen LogP contribution in [0.3, 0.4) is 0 Å². The number of carbonyl (C=O) groups excluding carboxylic acids is 1. The van der Waals surface area contributed by atoms with Crippen molar-refractivity contribution in [1.29, 1.82) is 0 Å². The van der Waals surface area contributed by atoms with E-state index in [1.54, 1.807) is 0 Å². The summed E-state index contributed by atoms with van der Waals surface area (Å²) in [4.78, 5) is 12.4. The number of ether oxygens (including phenoxy) is 1. The molecule has 3 aromatic rings. The van der Waals surface area contributed by atoms with Crippen molar-refractivity contribution < 1.29 is 9.53 Å². The van der Waals surface area contributed by atoms with Gasteiger partial charge in [-0.05, 0) is 23.4 Å². The third-order valence-electron chi connectivity index (χ3n) is 4.00. The van der Waals surface area contributed by atoms with E-state index in [4.69, 9.17) is 4.74 Å². The highest BCUT2D eigenvalue weighted by Gasteiger charge is 2.16. The first-order chi connectivity index (χ1) is 11.8. The summed E-state index contributed by atoms with van der Waals surface area (Å²) in [5.74, 6) is 0. The molecule has 0 heterocycles. The van der Waals surface area contributed by atoms with Gasteiger partial charge >= 0.3 is 6.09 Å². The van der Waals surface area contributed by atoms with E-state index in [1.807, 2.05) is 72.8 Å². The number of benzene rings is 3. The molecule has 0 radical (unpaired) electrons. The monoisotopic (exact) mass is 319 g/mol. The van der Waals surface area contributed by atoms with Gasteiger partial charge in [0.1, 0.15) is 6.10 Å². The summed E-state index contributed by atoms with van der Waals surface area (Å²) in [5, 5.41) is 4.97. The van der Waals surface area contributed by atoms with Crippen molar-refractivity contribution in [2.45, 2.75) is 25.9 Å². The summed E-state index contributed by atoms with van der Waals surface area (Å²) in [6, 6.07) is 23.7. The number of rotatable bonds is 5. The Morgan fingerprint density at radius 1 is 0.958 bits per heavy atom. The number of anilines is 1. The molecule has 3 nitrogen and oxygen atoms in total. The van der Waals surface area contributed by atoms with Gasteiger partial charge in [-0.3, -0.25) is 5.32 Å². The van der Waals surface area contributed by atoms with Crippen LogP contribution < -0.4 is 5.32 Å². The van der Waals surface area contributed by atoms with Crippen molar-refractivity contribution in [3.63, 3.8) is 0 Å². The Balaban J connectivity index is 1.76. The van der Waals surface area contributed by atoms with Crippen LogP contribution in [0.1, 0.15) is 31.4 Å². The molecule has 0 aliphatic carbocycles. The van der Waals surface area contributed by atoms with Crippen molar-refractivity contribution in [2.75, 3.05) is 5.32 Å². The molecule has 3 aromatic carbocycles. The second-order valence-electron chi connectivity index (χ2n) is 5.75. The number of fused-ring (bicyclic) bond motifs is 1. The van der Waals surface area contributed by atoms with E-state index in [0.29, 0.717) is 0 Å². The van der Waals surface area contributed by atoms with Gasteiger partial charge in [0.25, 0.3) is 0 Å². The largest absolute Gasteiger partial charge is 0.441 e. The van der Waals surface area contributed by atoms with E-state index in [2.05, 4.69) is 12.2 Å². The fourth-order valence-electron chi connectivity index (χ4n) is 2.83. The lowest BCUT2D eigenvalue weighted by atomic mass is 10.1. The number of amides is 1. The Hall–Kier alpha value is -2.81. The molecule has 0 aromatic heterocycles.